The summed E-state index contributed by atoms with van der Waals surface area (Å²) in [6.45, 7) is 1.24. The van der Waals surface area contributed by atoms with Gasteiger partial charge in [-0.3, -0.25) is 9.59 Å². The Labute approximate surface area is 167 Å². The first-order valence-corrected chi connectivity index (χ1v) is 8.93. The Balaban J connectivity index is 2.19. The van der Waals surface area contributed by atoms with Crippen molar-refractivity contribution in [2.75, 3.05) is 7.11 Å². The molecule has 2 aromatic rings. The standard InChI is InChI=1S/C21H22F2N2O4/c1-13(26)24-18(11-14-6-5-8-16(22)10-14)20(27)25-19(21(28)29-2)12-15-7-3-4-9-17(15)23/h3-10,18-19H,11-12H2,1-2H3,(H,24,26)(H,25,27)/t18-,19+/m1/s1. The van der Waals surface area contributed by atoms with E-state index in [1.54, 1.807) is 12.1 Å². The minimum Gasteiger partial charge on any atom is -0.467 e. The van der Waals surface area contributed by atoms with Gasteiger partial charge in [0.1, 0.15) is 23.7 Å². The fraction of sp³-hybridized carbons (Fsp3) is 0.286. The van der Waals surface area contributed by atoms with Crippen LogP contribution in [0.2, 0.25) is 0 Å². The number of halogens is 2. The Kier molecular flexibility index (Phi) is 7.82. The molecule has 0 aliphatic rings. The number of benzene rings is 2. The minimum atomic E-state index is -1.16. The summed E-state index contributed by atoms with van der Waals surface area (Å²) in [6.07, 6.45) is -0.116. The molecule has 0 aliphatic carbocycles. The van der Waals surface area contributed by atoms with Crippen LogP contribution in [0.4, 0.5) is 8.78 Å². The van der Waals surface area contributed by atoms with Crippen LogP contribution in [-0.4, -0.2) is 37.0 Å². The van der Waals surface area contributed by atoms with Crippen LogP contribution < -0.4 is 10.6 Å². The maximum Gasteiger partial charge on any atom is 0.328 e. The van der Waals surface area contributed by atoms with E-state index < -0.39 is 41.5 Å². The molecule has 0 bridgehead atoms. The first kappa shape index (κ1) is 22.0. The number of methoxy groups -OCH3 is 1. The van der Waals surface area contributed by atoms with Crippen molar-refractivity contribution in [2.45, 2.75) is 31.8 Å². The summed E-state index contributed by atoms with van der Waals surface area (Å²) in [5.41, 5.74) is 0.715. The van der Waals surface area contributed by atoms with E-state index in [1.807, 2.05) is 0 Å². The molecular weight excluding hydrogens is 382 g/mol. The van der Waals surface area contributed by atoms with E-state index in [4.69, 9.17) is 4.74 Å². The van der Waals surface area contributed by atoms with Gasteiger partial charge in [0.15, 0.2) is 0 Å². The molecule has 0 aliphatic heterocycles. The summed E-state index contributed by atoms with van der Waals surface area (Å²) >= 11 is 0. The number of rotatable bonds is 8. The fourth-order valence-corrected chi connectivity index (χ4v) is 2.85. The van der Waals surface area contributed by atoms with Crippen molar-refractivity contribution < 1.29 is 27.9 Å². The van der Waals surface area contributed by atoms with E-state index >= 15 is 0 Å². The number of carbonyl (C=O) groups excluding carboxylic acids is 3. The van der Waals surface area contributed by atoms with Gasteiger partial charge in [0.05, 0.1) is 7.11 Å². The molecule has 2 aromatic carbocycles. The molecule has 0 saturated carbocycles. The summed E-state index contributed by atoms with van der Waals surface area (Å²) in [6, 6.07) is 9.26. The van der Waals surface area contributed by atoms with Gasteiger partial charge in [-0.15, -0.1) is 0 Å². The van der Waals surface area contributed by atoms with Crippen molar-refractivity contribution in [3.63, 3.8) is 0 Å². The van der Waals surface area contributed by atoms with Gasteiger partial charge in [-0.25, -0.2) is 13.6 Å². The molecule has 0 heterocycles. The second kappa shape index (κ2) is 10.3. The van der Waals surface area contributed by atoms with Crippen molar-refractivity contribution in [2.24, 2.45) is 0 Å². The molecular formula is C21H22F2N2O4. The van der Waals surface area contributed by atoms with Gasteiger partial charge in [-0.2, -0.15) is 0 Å². The van der Waals surface area contributed by atoms with Gasteiger partial charge in [0.25, 0.3) is 0 Å². The topological polar surface area (TPSA) is 84.5 Å². The lowest BCUT2D eigenvalue weighted by Gasteiger charge is -2.22. The maximum absolute atomic E-state index is 14.0. The molecule has 2 atom stereocenters. The second-order valence-corrected chi connectivity index (χ2v) is 6.47. The molecule has 0 unspecified atom stereocenters. The van der Waals surface area contributed by atoms with Crippen LogP contribution >= 0.6 is 0 Å². The molecule has 2 rings (SSSR count). The average Bonchev–Trinajstić information content (AvgIpc) is 2.67. The van der Waals surface area contributed by atoms with Crippen molar-refractivity contribution in [3.05, 3.63) is 71.3 Å². The second-order valence-electron chi connectivity index (χ2n) is 6.47. The van der Waals surface area contributed by atoms with Crippen molar-refractivity contribution >= 4 is 17.8 Å². The molecule has 8 heteroatoms. The maximum atomic E-state index is 14.0. The summed E-state index contributed by atoms with van der Waals surface area (Å²) in [7, 11) is 1.15. The highest BCUT2D eigenvalue weighted by Crippen LogP contribution is 2.11. The van der Waals surface area contributed by atoms with E-state index in [1.165, 1.54) is 43.3 Å². The van der Waals surface area contributed by atoms with Gasteiger partial charge < -0.3 is 15.4 Å². The lowest BCUT2D eigenvalue weighted by atomic mass is 10.0. The smallest absolute Gasteiger partial charge is 0.328 e. The monoisotopic (exact) mass is 404 g/mol. The predicted molar refractivity (Wildman–Crippen MR) is 102 cm³/mol. The van der Waals surface area contributed by atoms with Crippen LogP contribution in [0.5, 0.6) is 0 Å². The highest BCUT2D eigenvalue weighted by Gasteiger charge is 2.28. The van der Waals surface area contributed by atoms with Crippen LogP contribution in [0.1, 0.15) is 18.1 Å². The first-order chi connectivity index (χ1) is 13.8. The summed E-state index contributed by atoms with van der Waals surface area (Å²) in [5.74, 6) is -2.89. The number of amides is 2. The van der Waals surface area contributed by atoms with E-state index in [0.29, 0.717) is 5.56 Å². The van der Waals surface area contributed by atoms with Crippen LogP contribution in [0.25, 0.3) is 0 Å². The van der Waals surface area contributed by atoms with Crippen LogP contribution in [0.15, 0.2) is 48.5 Å². The molecule has 0 saturated heterocycles. The van der Waals surface area contributed by atoms with Crippen molar-refractivity contribution in [1.29, 1.82) is 0 Å². The SMILES string of the molecule is COC(=O)[C@H](Cc1ccccc1F)NC(=O)[C@@H](Cc1cccc(F)c1)NC(C)=O. The summed E-state index contributed by atoms with van der Waals surface area (Å²) in [5, 5.41) is 4.98. The van der Waals surface area contributed by atoms with E-state index in [-0.39, 0.29) is 18.4 Å². The molecule has 2 amide bonds. The number of hydrogen-bond donors (Lipinski definition) is 2. The Morgan fingerprint density at radius 1 is 0.966 bits per heavy atom. The highest BCUT2D eigenvalue weighted by atomic mass is 19.1. The Morgan fingerprint density at radius 3 is 2.31 bits per heavy atom. The number of ether oxygens (including phenoxy) is 1. The fourth-order valence-electron chi connectivity index (χ4n) is 2.85. The molecule has 0 fully saturated rings. The summed E-state index contributed by atoms with van der Waals surface area (Å²) in [4.78, 5) is 36.4. The van der Waals surface area contributed by atoms with Crippen LogP contribution in [0, 0.1) is 11.6 Å². The van der Waals surface area contributed by atoms with Gasteiger partial charge in [0.2, 0.25) is 11.8 Å². The first-order valence-electron chi connectivity index (χ1n) is 8.93. The quantitative estimate of drug-likeness (QED) is 0.659. The van der Waals surface area contributed by atoms with E-state index in [9.17, 15) is 23.2 Å². The zero-order valence-electron chi connectivity index (χ0n) is 16.1. The summed E-state index contributed by atoms with van der Waals surface area (Å²) < 4.78 is 32.1. The number of nitrogens with one attached hydrogen (secondary N) is 2. The molecule has 29 heavy (non-hydrogen) atoms. The zero-order valence-corrected chi connectivity index (χ0v) is 16.1. The van der Waals surface area contributed by atoms with Crippen molar-refractivity contribution in [3.8, 4) is 0 Å². The lowest BCUT2D eigenvalue weighted by molar-refractivity contribution is -0.145. The van der Waals surface area contributed by atoms with Crippen molar-refractivity contribution in [1.82, 2.24) is 10.6 Å². The van der Waals surface area contributed by atoms with Gasteiger partial charge in [0, 0.05) is 19.8 Å². The average molecular weight is 404 g/mol. The normalized spacial score (nSPS) is 12.6. The van der Waals surface area contributed by atoms with Crippen LogP contribution in [0.3, 0.4) is 0 Å². The number of carbonyl (C=O) groups is 3. The van der Waals surface area contributed by atoms with E-state index in [2.05, 4.69) is 10.6 Å². The Bertz CT molecular complexity index is 888. The predicted octanol–water partition coefficient (Wildman–Crippen LogP) is 1.91. The van der Waals surface area contributed by atoms with Gasteiger partial charge >= 0.3 is 5.97 Å². The molecule has 0 radical (unpaired) electrons. The third kappa shape index (κ3) is 6.67. The molecule has 0 aromatic heterocycles. The lowest BCUT2D eigenvalue weighted by Crippen LogP contribution is -2.53. The minimum absolute atomic E-state index is 0.0107. The van der Waals surface area contributed by atoms with Gasteiger partial charge in [-0.1, -0.05) is 30.3 Å². The third-order valence-electron chi connectivity index (χ3n) is 4.21. The van der Waals surface area contributed by atoms with E-state index in [0.717, 1.165) is 7.11 Å². The molecule has 6 nitrogen and oxygen atoms in total. The largest absolute Gasteiger partial charge is 0.467 e. The highest BCUT2D eigenvalue weighted by molar-refractivity contribution is 5.90. The van der Waals surface area contributed by atoms with Gasteiger partial charge in [-0.05, 0) is 29.3 Å². The molecule has 2 N–H and O–H groups in total. The number of esters is 1. The third-order valence-corrected chi connectivity index (χ3v) is 4.21. The van der Waals surface area contributed by atoms with Crippen LogP contribution in [-0.2, 0) is 32.0 Å². The Morgan fingerprint density at radius 2 is 1.69 bits per heavy atom. The number of hydrogen-bond acceptors (Lipinski definition) is 4. The molecule has 0 spiro atoms. The Hall–Kier alpha value is -3.29. The molecule has 154 valence electrons. The zero-order chi connectivity index (χ0) is 21.4.